The molecule has 1 heterocycles. The summed E-state index contributed by atoms with van der Waals surface area (Å²) in [6.45, 7) is 4.47. The summed E-state index contributed by atoms with van der Waals surface area (Å²) >= 11 is 0. The molecule has 1 aliphatic rings. The summed E-state index contributed by atoms with van der Waals surface area (Å²) in [6.07, 6.45) is 0.443. The highest BCUT2D eigenvalue weighted by molar-refractivity contribution is 5.70. The van der Waals surface area contributed by atoms with Crippen LogP contribution in [0.5, 0.6) is 0 Å². The first-order valence-electron chi connectivity index (χ1n) is 4.19. The predicted octanol–water partition coefficient (Wildman–Crippen LogP) is 1.21. The summed E-state index contributed by atoms with van der Waals surface area (Å²) in [4.78, 5) is 12.8. The summed E-state index contributed by atoms with van der Waals surface area (Å²) in [5, 5.41) is 0. The number of ether oxygens (including phenoxy) is 2. The molecular weight excluding hydrogens is 158 g/mol. The third-order valence-electron chi connectivity index (χ3n) is 2.14. The van der Waals surface area contributed by atoms with E-state index in [1.54, 1.807) is 12.0 Å². The van der Waals surface area contributed by atoms with Crippen LogP contribution in [-0.2, 0) is 9.47 Å². The highest BCUT2D eigenvalue weighted by atomic mass is 16.6. The second-order valence-electron chi connectivity index (χ2n) is 2.90. The fourth-order valence-corrected chi connectivity index (χ4v) is 1.18. The fraction of sp³-hybridized carbons (Fsp3) is 0.875. The first-order valence-corrected chi connectivity index (χ1v) is 4.19. The molecule has 70 valence electrons. The van der Waals surface area contributed by atoms with Crippen LogP contribution in [0.25, 0.3) is 0 Å². The highest BCUT2D eigenvalue weighted by Crippen LogP contribution is 2.16. The van der Waals surface area contributed by atoms with E-state index in [0.29, 0.717) is 6.54 Å². The van der Waals surface area contributed by atoms with Gasteiger partial charge in [-0.15, -0.1) is 0 Å². The average molecular weight is 173 g/mol. The van der Waals surface area contributed by atoms with Gasteiger partial charge in [0.2, 0.25) is 0 Å². The maximum Gasteiger partial charge on any atom is 0.412 e. The number of amides is 1. The second kappa shape index (κ2) is 3.76. The van der Waals surface area contributed by atoms with Crippen molar-refractivity contribution in [2.24, 2.45) is 0 Å². The summed E-state index contributed by atoms with van der Waals surface area (Å²) in [5.74, 6) is 0. The third-order valence-corrected chi connectivity index (χ3v) is 2.14. The second-order valence-corrected chi connectivity index (χ2v) is 2.90. The van der Waals surface area contributed by atoms with Crippen LogP contribution in [0.3, 0.4) is 0 Å². The van der Waals surface area contributed by atoms with E-state index in [2.05, 4.69) is 0 Å². The molecule has 0 aromatic carbocycles. The van der Waals surface area contributed by atoms with Gasteiger partial charge in [-0.1, -0.05) is 6.92 Å². The van der Waals surface area contributed by atoms with Crippen LogP contribution in [0.1, 0.15) is 20.3 Å². The van der Waals surface area contributed by atoms with Crippen LogP contribution in [-0.4, -0.2) is 37.0 Å². The molecule has 1 amide bonds. The molecular formula is C8H15NO3. The lowest BCUT2D eigenvalue weighted by molar-refractivity contribution is 0.0117. The zero-order valence-corrected chi connectivity index (χ0v) is 7.74. The lowest BCUT2D eigenvalue weighted by atomic mass is 10.3. The number of carbonyl (C=O) groups is 1. The standard InChI is InChI=1S/C8H15NO3/c1-4-7-5-9(6(2)11-3)8(10)12-7/h6-7H,4-5H2,1-3H3. The molecule has 1 aliphatic heterocycles. The van der Waals surface area contributed by atoms with E-state index in [0.717, 1.165) is 6.42 Å². The lowest BCUT2D eigenvalue weighted by Crippen LogP contribution is -2.35. The average Bonchev–Trinajstić information content (AvgIpc) is 2.45. The first-order chi connectivity index (χ1) is 5.69. The summed E-state index contributed by atoms with van der Waals surface area (Å²) in [6, 6.07) is 0. The molecule has 0 aromatic rings. The summed E-state index contributed by atoms with van der Waals surface area (Å²) in [7, 11) is 1.58. The topological polar surface area (TPSA) is 38.8 Å². The molecule has 1 rings (SSSR count). The van der Waals surface area contributed by atoms with Crippen LogP contribution in [0.15, 0.2) is 0 Å². The summed E-state index contributed by atoms with van der Waals surface area (Å²) in [5.41, 5.74) is 0. The number of hydrogen-bond acceptors (Lipinski definition) is 3. The number of nitrogens with zero attached hydrogens (tertiary/aromatic N) is 1. The summed E-state index contributed by atoms with van der Waals surface area (Å²) < 4.78 is 10.1. The van der Waals surface area contributed by atoms with Gasteiger partial charge in [-0.3, -0.25) is 4.90 Å². The van der Waals surface area contributed by atoms with E-state index in [1.165, 1.54) is 0 Å². The third kappa shape index (κ3) is 1.69. The molecule has 1 fully saturated rings. The van der Waals surface area contributed by atoms with Crippen molar-refractivity contribution in [1.29, 1.82) is 0 Å². The van der Waals surface area contributed by atoms with Crippen molar-refractivity contribution in [2.75, 3.05) is 13.7 Å². The molecule has 0 aliphatic carbocycles. The Morgan fingerprint density at radius 2 is 2.50 bits per heavy atom. The Kier molecular flexibility index (Phi) is 2.92. The van der Waals surface area contributed by atoms with Crippen molar-refractivity contribution in [3.8, 4) is 0 Å². The zero-order chi connectivity index (χ0) is 9.14. The van der Waals surface area contributed by atoms with Gasteiger partial charge in [0.25, 0.3) is 0 Å². The van der Waals surface area contributed by atoms with Crippen molar-refractivity contribution < 1.29 is 14.3 Å². The first kappa shape index (κ1) is 9.32. The van der Waals surface area contributed by atoms with Gasteiger partial charge in [0, 0.05) is 7.11 Å². The molecule has 0 spiro atoms. The minimum atomic E-state index is -0.267. The largest absolute Gasteiger partial charge is 0.444 e. The van der Waals surface area contributed by atoms with Gasteiger partial charge in [-0.2, -0.15) is 0 Å². The number of cyclic esters (lactones) is 1. The van der Waals surface area contributed by atoms with Crippen molar-refractivity contribution in [2.45, 2.75) is 32.6 Å². The molecule has 0 radical (unpaired) electrons. The van der Waals surface area contributed by atoms with Crippen molar-refractivity contribution in [1.82, 2.24) is 4.90 Å². The number of methoxy groups -OCH3 is 1. The monoisotopic (exact) mass is 173 g/mol. The van der Waals surface area contributed by atoms with Crippen LogP contribution in [0, 0.1) is 0 Å². The quantitative estimate of drug-likeness (QED) is 0.644. The van der Waals surface area contributed by atoms with Gasteiger partial charge < -0.3 is 9.47 Å². The minimum absolute atomic E-state index is 0.0371. The molecule has 0 bridgehead atoms. The van der Waals surface area contributed by atoms with Crippen LogP contribution < -0.4 is 0 Å². The molecule has 4 heteroatoms. The minimum Gasteiger partial charge on any atom is -0.444 e. The number of carbonyl (C=O) groups excluding carboxylic acids is 1. The smallest absolute Gasteiger partial charge is 0.412 e. The number of rotatable bonds is 3. The Morgan fingerprint density at radius 1 is 1.83 bits per heavy atom. The van der Waals surface area contributed by atoms with E-state index in [9.17, 15) is 4.79 Å². The van der Waals surface area contributed by atoms with Gasteiger partial charge in [0.1, 0.15) is 12.3 Å². The van der Waals surface area contributed by atoms with Crippen molar-refractivity contribution >= 4 is 6.09 Å². The molecule has 2 unspecified atom stereocenters. The van der Waals surface area contributed by atoms with E-state index < -0.39 is 0 Å². The van der Waals surface area contributed by atoms with Crippen LogP contribution in [0.4, 0.5) is 4.79 Å². The van der Waals surface area contributed by atoms with E-state index in [-0.39, 0.29) is 18.4 Å². The molecule has 12 heavy (non-hydrogen) atoms. The molecule has 2 atom stereocenters. The molecule has 1 saturated heterocycles. The van der Waals surface area contributed by atoms with Gasteiger partial charge in [0.15, 0.2) is 0 Å². The van der Waals surface area contributed by atoms with Crippen molar-refractivity contribution in [3.63, 3.8) is 0 Å². The Bertz CT molecular complexity index is 172. The normalized spacial score (nSPS) is 25.8. The van der Waals surface area contributed by atoms with E-state index in [1.807, 2.05) is 13.8 Å². The number of hydrogen-bond donors (Lipinski definition) is 0. The van der Waals surface area contributed by atoms with Gasteiger partial charge in [-0.05, 0) is 13.3 Å². The van der Waals surface area contributed by atoms with Gasteiger partial charge in [-0.25, -0.2) is 4.79 Å². The van der Waals surface area contributed by atoms with Gasteiger partial charge >= 0.3 is 6.09 Å². The fourth-order valence-electron chi connectivity index (χ4n) is 1.18. The highest BCUT2D eigenvalue weighted by Gasteiger charge is 2.33. The Balaban J connectivity index is 2.51. The van der Waals surface area contributed by atoms with E-state index >= 15 is 0 Å². The Morgan fingerprint density at radius 3 is 2.92 bits per heavy atom. The van der Waals surface area contributed by atoms with Crippen LogP contribution >= 0.6 is 0 Å². The van der Waals surface area contributed by atoms with Gasteiger partial charge in [0.05, 0.1) is 6.54 Å². The maximum atomic E-state index is 11.2. The lowest BCUT2D eigenvalue weighted by Gasteiger charge is -2.19. The van der Waals surface area contributed by atoms with Crippen LogP contribution in [0.2, 0.25) is 0 Å². The molecule has 0 N–H and O–H groups in total. The van der Waals surface area contributed by atoms with Crippen molar-refractivity contribution in [3.05, 3.63) is 0 Å². The predicted molar refractivity (Wildman–Crippen MR) is 43.7 cm³/mol. The Labute approximate surface area is 72.4 Å². The maximum absolute atomic E-state index is 11.2. The molecule has 0 aromatic heterocycles. The Hall–Kier alpha value is -0.770. The zero-order valence-electron chi connectivity index (χ0n) is 7.74. The molecule has 0 saturated carbocycles. The SMILES string of the molecule is CCC1CN(C(C)OC)C(=O)O1. The van der Waals surface area contributed by atoms with E-state index in [4.69, 9.17) is 9.47 Å². The molecule has 4 nitrogen and oxygen atoms in total.